The Hall–Kier alpha value is -1.20. The predicted molar refractivity (Wildman–Crippen MR) is 64.3 cm³/mol. The van der Waals surface area contributed by atoms with Crippen molar-refractivity contribution >= 4 is 18.6 Å². The molecule has 0 radical (unpaired) electrons. The highest BCUT2D eigenvalue weighted by atomic mass is 32.1. The summed E-state index contributed by atoms with van der Waals surface area (Å²) in [5.74, 6) is -0.418. The molecule has 1 fully saturated rings. The SMILES string of the molecule is O=C1OCCC(O)C1COc1ccccc1S. The normalized spacial score (nSPS) is 24.2. The van der Waals surface area contributed by atoms with E-state index in [0.29, 0.717) is 17.1 Å². The van der Waals surface area contributed by atoms with Crippen LogP contribution in [0, 0.1) is 5.92 Å². The lowest BCUT2D eigenvalue weighted by Crippen LogP contribution is -2.39. The number of hydrogen-bond donors (Lipinski definition) is 2. The van der Waals surface area contributed by atoms with Crippen LogP contribution in [0.5, 0.6) is 5.75 Å². The molecular weight excluding hydrogens is 240 g/mol. The van der Waals surface area contributed by atoms with E-state index in [1.165, 1.54) is 0 Å². The van der Waals surface area contributed by atoms with Crippen LogP contribution in [-0.2, 0) is 9.53 Å². The van der Waals surface area contributed by atoms with Crippen molar-refractivity contribution in [2.24, 2.45) is 5.92 Å². The fourth-order valence-electron chi connectivity index (χ4n) is 1.68. The van der Waals surface area contributed by atoms with Crippen molar-refractivity contribution in [2.45, 2.75) is 17.4 Å². The first kappa shape index (κ1) is 12.3. The number of hydrogen-bond acceptors (Lipinski definition) is 5. The lowest BCUT2D eigenvalue weighted by atomic mass is 9.99. The molecule has 2 atom stereocenters. The van der Waals surface area contributed by atoms with E-state index in [2.05, 4.69) is 12.6 Å². The second-order valence-corrected chi connectivity index (χ2v) is 4.39. The largest absolute Gasteiger partial charge is 0.491 e. The third-order valence-electron chi connectivity index (χ3n) is 2.71. The van der Waals surface area contributed by atoms with E-state index in [-0.39, 0.29) is 13.2 Å². The number of rotatable bonds is 3. The molecule has 2 unspecified atom stereocenters. The number of carbonyl (C=O) groups is 1. The molecule has 92 valence electrons. The summed E-state index contributed by atoms with van der Waals surface area (Å²) in [7, 11) is 0. The van der Waals surface area contributed by atoms with Crippen LogP contribution in [0.25, 0.3) is 0 Å². The average molecular weight is 254 g/mol. The summed E-state index contributed by atoms with van der Waals surface area (Å²) in [4.78, 5) is 12.1. The number of esters is 1. The van der Waals surface area contributed by atoms with Gasteiger partial charge in [-0.25, -0.2) is 0 Å². The maximum absolute atomic E-state index is 11.4. The number of carbonyl (C=O) groups excluding carboxylic acids is 1. The molecule has 1 aromatic rings. The van der Waals surface area contributed by atoms with E-state index in [1.54, 1.807) is 12.1 Å². The molecule has 4 nitrogen and oxygen atoms in total. The highest BCUT2D eigenvalue weighted by Gasteiger charge is 2.33. The first-order valence-corrected chi connectivity index (χ1v) is 5.88. The topological polar surface area (TPSA) is 55.8 Å². The number of para-hydroxylation sites is 1. The Balaban J connectivity index is 1.97. The van der Waals surface area contributed by atoms with Crippen molar-refractivity contribution in [3.63, 3.8) is 0 Å². The van der Waals surface area contributed by atoms with Gasteiger partial charge in [0, 0.05) is 11.3 Å². The van der Waals surface area contributed by atoms with Gasteiger partial charge in [-0.1, -0.05) is 12.1 Å². The van der Waals surface area contributed by atoms with Gasteiger partial charge in [-0.2, -0.15) is 0 Å². The van der Waals surface area contributed by atoms with Crippen LogP contribution in [0.3, 0.4) is 0 Å². The average Bonchev–Trinajstić information content (AvgIpc) is 2.30. The van der Waals surface area contributed by atoms with Gasteiger partial charge in [0.1, 0.15) is 18.3 Å². The molecule has 5 heteroatoms. The van der Waals surface area contributed by atoms with E-state index in [9.17, 15) is 9.90 Å². The summed E-state index contributed by atoms with van der Waals surface area (Å²) in [6.07, 6.45) is -0.231. The van der Waals surface area contributed by atoms with E-state index >= 15 is 0 Å². The lowest BCUT2D eigenvalue weighted by molar-refractivity contribution is -0.162. The molecule has 17 heavy (non-hydrogen) atoms. The van der Waals surface area contributed by atoms with Crippen molar-refractivity contribution in [1.82, 2.24) is 0 Å². The van der Waals surface area contributed by atoms with Crippen LogP contribution < -0.4 is 4.74 Å². The van der Waals surface area contributed by atoms with E-state index in [0.717, 1.165) is 0 Å². The summed E-state index contributed by atoms with van der Waals surface area (Å²) in [5, 5.41) is 9.69. The minimum Gasteiger partial charge on any atom is -0.491 e. The molecule has 1 aromatic carbocycles. The Bertz CT molecular complexity index is 407. The Morgan fingerprint density at radius 3 is 2.94 bits per heavy atom. The zero-order valence-corrected chi connectivity index (χ0v) is 10.1. The molecule has 0 saturated carbocycles. The Morgan fingerprint density at radius 1 is 1.47 bits per heavy atom. The van der Waals surface area contributed by atoms with Crippen molar-refractivity contribution in [1.29, 1.82) is 0 Å². The molecule has 2 rings (SSSR count). The van der Waals surface area contributed by atoms with Gasteiger partial charge in [0.25, 0.3) is 0 Å². The van der Waals surface area contributed by atoms with E-state index in [4.69, 9.17) is 9.47 Å². The fraction of sp³-hybridized carbons (Fsp3) is 0.417. The monoisotopic (exact) mass is 254 g/mol. The second kappa shape index (κ2) is 5.42. The minimum atomic E-state index is -0.691. The molecule has 0 spiro atoms. The van der Waals surface area contributed by atoms with E-state index < -0.39 is 18.0 Å². The smallest absolute Gasteiger partial charge is 0.315 e. The fourth-order valence-corrected chi connectivity index (χ4v) is 1.91. The van der Waals surface area contributed by atoms with Crippen LogP contribution in [-0.4, -0.2) is 30.4 Å². The third kappa shape index (κ3) is 2.92. The highest BCUT2D eigenvalue weighted by Crippen LogP contribution is 2.23. The van der Waals surface area contributed by atoms with Crippen LogP contribution in [0.1, 0.15) is 6.42 Å². The third-order valence-corrected chi connectivity index (χ3v) is 3.08. The summed E-state index contributed by atoms with van der Waals surface area (Å²) < 4.78 is 10.4. The van der Waals surface area contributed by atoms with Crippen LogP contribution >= 0.6 is 12.6 Å². The summed E-state index contributed by atoms with van der Waals surface area (Å²) in [5.41, 5.74) is 0. The standard InChI is InChI=1S/C12H14O4S/c13-9-5-6-15-12(14)8(9)7-16-10-3-1-2-4-11(10)17/h1-4,8-9,13,17H,5-7H2. The van der Waals surface area contributed by atoms with E-state index in [1.807, 2.05) is 12.1 Å². The molecule has 0 aliphatic carbocycles. The Labute approximate surface area is 105 Å². The van der Waals surface area contributed by atoms with Gasteiger partial charge in [0.15, 0.2) is 0 Å². The summed E-state index contributed by atoms with van der Waals surface area (Å²) >= 11 is 4.24. The number of aliphatic hydroxyl groups is 1. The molecule has 0 amide bonds. The number of aliphatic hydroxyl groups excluding tert-OH is 1. The zero-order valence-electron chi connectivity index (χ0n) is 9.20. The molecule has 1 N–H and O–H groups in total. The molecule has 1 aliphatic rings. The molecule has 0 aromatic heterocycles. The number of ether oxygens (including phenoxy) is 2. The van der Waals surface area contributed by atoms with Crippen molar-refractivity contribution in [3.8, 4) is 5.75 Å². The van der Waals surface area contributed by atoms with Crippen molar-refractivity contribution in [3.05, 3.63) is 24.3 Å². The molecule has 1 aliphatic heterocycles. The Morgan fingerprint density at radius 2 is 2.24 bits per heavy atom. The maximum Gasteiger partial charge on any atom is 0.315 e. The predicted octanol–water partition coefficient (Wildman–Crippen LogP) is 1.28. The first-order chi connectivity index (χ1) is 8.18. The molecular formula is C12H14O4S. The maximum atomic E-state index is 11.4. The molecule has 0 bridgehead atoms. The van der Waals surface area contributed by atoms with Gasteiger partial charge >= 0.3 is 5.97 Å². The van der Waals surface area contributed by atoms with Gasteiger partial charge in [-0.3, -0.25) is 4.79 Å². The van der Waals surface area contributed by atoms with Gasteiger partial charge in [-0.05, 0) is 12.1 Å². The number of thiol groups is 1. The molecule has 1 saturated heterocycles. The van der Waals surface area contributed by atoms with Crippen LogP contribution in [0.15, 0.2) is 29.2 Å². The second-order valence-electron chi connectivity index (χ2n) is 3.91. The Kier molecular flexibility index (Phi) is 3.91. The van der Waals surface area contributed by atoms with Gasteiger partial charge in [-0.15, -0.1) is 12.6 Å². The first-order valence-electron chi connectivity index (χ1n) is 5.44. The number of cyclic esters (lactones) is 1. The summed E-state index contributed by atoms with van der Waals surface area (Å²) in [6, 6.07) is 7.24. The van der Waals surface area contributed by atoms with Crippen LogP contribution in [0.2, 0.25) is 0 Å². The quantitative estimate of drug-likeness (QED) is 0.630. The minimum absolute atomic E-state index is 0.109. The van der Waals surface area contributed by atoms with Gasteiger partial charge < -0.3 is 14.6 Å². The lowest BCUT2D eigenvalue weighted by Gasteiger charge is -2.26. The highest BCUT2D eigenvalue weighted by molar-refractivity contribution is 7.80. The van der Waals surface area contributed by atoms with Crippen LogP contribution in [0.4, 0.5) is 0 Å². The van der Waals surface area contributed by atoms with Crippen molar-refractivity contribution in [2.75, 3.05) is 13.2 Å². The number of benzene rings is 1. The zero-order chi connectivity index (χ0) is 12.3. The molecule has 1 heterocycles. The summed E-state index contributed by atoms with van der Waals surface area (Å²) in [6.45, 7) is 0.386. The van der Waals surface area contributed by atoms with Gasteiger partial charge in [0.05, 0.1) is 12.7 Å². The van der Waals surface area contributed by atoms with Crippen molar-refractivity contribution < 1.29 is 19.4 Å². The van der Waals surface area contributed by atoms with Gasteiger partial charge in [0.2, 0.25) is 0 Å².